The fourth-order valence-corrected chi connectivity index (χ4v) is 3.60. The van der Waals surface area contributed by atoms with Crippen LogP contribution >= 0.6 is 0 Å². The van der Waals surface area contributed by atoms with Gasteiger partial charge in [0, 0.05) is 19.5 Å². The van der Waals surface area contributed by atoms with Crippen molar-refractivity contribution in [3.63, 3.8) is 0 Å². The van der Waals surface area contributed by atoms with Crippen LogP contribution in [0.3, 0.4) is 0 Å². The first-order valence-corrected chi connectivity index (χ1v) is 10.7. The smallest absolute Gasteiger partial charge is 0.232 e. The molecule has 6 nitrogen and oxygen atoms in total. The average molecular weight is 391 g/mol. The van der Waals surface area contributed by atoms with Crippen molar-refractivity contribution in [3.8, 4) is 5.75 Å². The summed E-state index contributed by atoms with van der Waals surface area (Å²) in [4.78, 5) is 12.2. The van der Waals surface area contributed by atoms with Crippen LogP contribution < -0.4 is 14.4 Å². The molecule has 0 aliphatic carbocycles. The predicted octanol–water partition coefficient (Wildman–Crippen LogP) is 2.87. The normalized spacial score (nSPS) is 11.1. The van der Waals surface area contributed by atoms with Crippen molar-refractivity contribution in [3.05, 3.63) is 59.7 Å². The molecule has 7 heteroatoms. The zero-order valence-electron chi connectivity index (χ0n) is 15.9. The second-order valence-corrected chi connectivity index (χ2v) is 8.18. The van der Waals surface area contributed by atoms with Gasteiger partial charge >= 0.3 is 0 Å². The summed E-state index contributed by atoms with van der Waals surface area (Å²) in [5, 5.41) is 2.83. The van der Waals surface area contributed by atoms with Crippen molar-refractivity contribution in [2.75, 3.05) is 23.7 Å². The highest BCUT2D eigenvalue weighted by molar-refractivity contribution is 7.92. The summed E-state index contributed by atoms with van der Waals surface area (Å²) in [6.07, 6.45) is 1.21. The molecule has 0 saturated carbocycles. The predicted molar refractivity (Wildman–Crippen MR) is 107 cm³/mol. The number of ether oxygens (including phenoxy) is 1. The van der Waals surface area contributed by atoms with Crippen LogP contribution in [0.4, 0.5) is 5.69 Å². The SMILES string of the molecule is CCOc1ccc(N(CCC(=O)NCc2cccc(C)c2)S(C)(=O)=O)cc1. The van der Waals surface area contributed by atoms with E-state index in [1.165, 1.54) is 4.31 Å². The first kappa shape index (κ1) is 20.8. The number of benzene rings is 2. The molecule has 0 aliphatic heterocycles. The molecule has 0 heterocycles. The molecule has 0 bridgehead atoms. The van der Waals surface area contributed by atoms with Crippen molar-refractivity contribution in [1.82, 2.24) is 5.32 Å². The van der Waals surface area contributed by atoms with Gasteiger partial charge in [0.1, 0.15) is 5.75 Å². The van der Waals surface area contributed by atoms with Gasteiger partial charge in [-0.2, -0.15) is 0 Å². The number of amides is 1. The van der Waals surface area contributed by atoms with Gasteiger partial charge in [0.05, 0.1) is 18.6 Å². The number of rotatable bonds is 9. The summed E-state index contributed by atoms with van der Waals surface area (Å²) in [6.45, 7) is 4.91. The summed E-state index contributed by atoms with van der Waals surface area (Å²) >= 11 is 0. The lowest BCUT2D eigenvalue weighted by atomic mass is 10.1. The van der Waals surface area contributed by atoms with Crippen LogP contribution in [0.5, 0.6) is 5.75 Å². The number of hydrogen-bond donors (Lipinski definition) is 1. The van der Waals surface area contributed by atoms with Gasteiger partial charge in [0.2, 0.25) is 15.9 Å². The monoisotopic (exact) mass is 390 g/mol. The molecular weight excluding hydrogens is 364 g/mol. The molecule has 0 fully saturated rings. The van der Waals surface area contributed by atoms with Gasteiger partial charge in [-0.3, -0.25) is 9.10 Å². The summed E-state index contributed by atoms with van der Waals surface area (Å²) in [5.41, 5.74) is 2.64. The third-order valence-electron chi connectivity index (χ3n) is 3.95. The Morgan fingerprint density at radius 1 is 1.15 bits per heavy atom. The molecule has 1 N–H and O–H groups in total. The zero-order chi connectivity index (χ0) is 19.9. The first-order chi connectivity index (χ1) is 12.8. The summed E-state index contributed by atoms with van der Waals surface area (Å²) in [6, 6.07) is 14.7. The molecule has 2 aromatic rings. The van der Waals surface area contributed by atoms with Crippen LogP contribution in [0.25, 0.3) is 0 Å². The number of nitrogens with one attached hydrogen (secondary N) is 1. The lowest BCUT2D eigenvalue weighted by molar-refractivity contribution is -0.121. The van der Waals surface area contributed by atoms with E-state index >= 15 is 0 Å². The van der Waals surface area contributed by atoms with Gasteiger partial charge in [-0.25, -0.2) is 8.42 Å². The molecular formula is C20H26N2O4S. The van der Waals surface area contributed by atoms with E-state index in [0.717, 1.165) is 17.4 Å². The Morgan fingerprint density at radius 3 is 2.44 bits per heavy atom. The highest BCUT2D eigenvalue weighted by Gasteiger charge is 2.18. The molecule has 0 atom stereocenters. The lowest BCUT2D eigenvalue weighted by Crippen LogP contribution is -2.34. The van der Waals surface area contributed by atoms with Gasteiger partial charge < -0.3 is 10.1 Å². The van der Waals surface area contributed by atoms with E-state index in [1.807, 2.05) is 38.1 Å². The maximum Gasteiger partial charge on any atom is 0.232 e. The number of aryl methyl sites for hydroxylation is 1. The maximum atomic E-state index is 12.2. The van der Waals surface area contributed by atoms with E-state index in [2.05, 4.69) is 5.32 Å². The highest BCUT2D eigenvalue weighted by Crippen LogP contribution is 2.22. The Morgan fingerprint density at radius 2 is 1.85 bits per heavy atom. The minimum Gasteiger partial charge on any atom is -0.494 e. The van der Waals surface area contributed by atoms with Crippen LogP contribution in [-0.2, 0) is 21.4 Å². The molecule has 0 aromatic heterocycles. The van der Waals surface area contributed by atoms with Crippen molar-refractivity contribution < 1.29 is 17.9 Å². The molecule has 1 amide bonds. The first-order valence-electron chi connectivity index (χ1n) is 8.82. The van der Waals surface area contributed by atoms with Gasteiger partial charge in [-0.05, 0) is 43.7 Å². The van der Waals surface area contributed by atoms with Crippen molar-refractivity contribution in [2.45, 2.75) is 26.8 Å². The molecule has 0 radical (unpaired) electrons. The maximum absolute atomic E-state index is 12.2. The molecule has 0 aliphatic rings. The third kappa shape index (κ3) is 6.60. The summed E-state index contributed by atoms with van der Waals surface area (Å²) in [7, 11) is -3.50. The largest absolute Gasteiger partial charge is 0.494 e. The van der Waals surface area contributed by atoms with Gasteiger partial charge in [-0.15, -0.1) is 0 Å². The number of carbonyl (C=O) groups is 1. The Kier molecular flexibility index (Phi) is 7.24. The molecule has 146 valence electrons. The molecule has 2 aromatic carbocycles. The third-order valence-corrected chi connectivity index (χ3v) is 5.14. The van der Waals surface area contributed by atoms with E-state index in [1.54, 1.807) is 24.3 Å². The fourth-order valence-electron chi connectivity index (χ4n) is 2.68. The average Bonchev–Trinajstić information content (AvgIpc) is 2.61. The second kappa shape index (κ2) is 9.41. The number of anilines is 1. The molecule has 27 heavy (non-hydrogen) atoms. The zero-order valence-corrected chi connectivity index (χ0v) is 16.8. The number of hydrogen-bond acceptors (Lipinski definition) is 4. The molecule has 0 saturated heterocycles. The fraction of sp³-hybridized carbons (Fsp3) is 0.350. The van der Waals surface area contributed by atoms with Crippen LogP contribution in [0.2, 0.25) is 0 Å². The van der Waals surface area contributed by atoms with Gasteiger partial charge in [0.15, 0.2) is 0 Å². The van der Waals surface area contributed by atoms with E-state index < -0.39 is 10.0 Å². The van der Waals surface area contributed by atoms with E-state index in [9.17, 15) is 13.2 Å². The van der Waals surface area contributed by atoms with Crippen molar-refractivity contribution in [1.29, 1.82) is 0 Å². The van der Waals surface area contributed by atoms with Crippen LogP contribution in [0, 0.1) is 6.92 Å². The number of nitrogens with zero attached hydrogens (tertiary/aromatic N) is 1. The molecule has 0 unspecified atom stereocenters. The van der Waals surface area contributed by atoms with Crippen molar-refractivity contribution in [2.24, 2.45) is 0 Å². The van der Waals surface area contributed by atoms with E-state index in [0.29, 0.717) is 24.6 Å². The summed E-state index contributed by atoms with van der Waals surface area (Å²) in [5.74, 6) is 0.474. The van der Waals surface area contributed by atoms with Crippen LogP contribution in [0.1, 0.15) is 24.5 Å². The van der Waals surface area contributed by atoms with Gasteiger partial charge in [-0.1, -0.05) is 29.8 Å². The van der Waals surface area contributed by atoms with E-state index in [4.69, 9.17) is 4.74 Å². The Bertz CT molecular complexity index is 864. The lowest BCUT2D eigenvalue weighted by Gasteiger charge is -2.22. The standard InChI is InChI=1S/C20H26N2O4S/c1-4-26-19-10-8-18(9-11-19)22(27(3,24)25)13-12-20(23)21-15-17-7-5-6-16(2)14-17/h5-11,14H,4,12-13,15H2,1-3H3,(H,21,23). The van der Waals surface area contributed by atoms with Gasteiger partial charge in [0.25, 0.3) is 0 Å². The van der Waals surface area contributed by atoms with Crippen molar-refractivity contribution >= 4 is 21.6 Å². The highest BCUT2D eigenvalue weighted by atomic mass is 32.2. The second-order valence-electron chi connectivity index (χ2n) is 6.28. The quantitative estimate of drug-likeness (QED) is 0.714. The minimum atomic E-state index is -3.50. The molecule has 0 spiro atoms. The number of sulfonamides is 1. The number of carbonyl (C=O) groups excluding carboxylic acids is 1. The van der Waals surface area contributed by atoms with Crippen LogP contribution in [0.15, 0.2) is 48.5 Å². The topological polar surface area (TPSA) is 75.7 Å². The summed E-state index contributed by atoms with van der Waals surface area (Å²) < 4.78 is 30.9. The Labute approximate surface area is 161 Å². The molecule has 2 rings (SSSR count). The van der Waals surface area contributed by atoms with E-state index in [-0.39, 0.29) is 18.9 Å². The minimum absolute atomic E-state index is 0.0755. The Balaban J connectivity index is 1.97. The van der Waals surface area contributed by atoms with Crippen LogP contribution in [-0.4, -0.2) is 33.7 Å². The Hall–Kier alpha value is -2.54.